The predicted molar refractivity (Wildman–Crippen MR) is 82.2 cm³/mol. The molecule has 0 saturated carbocycles. The van der Waals surface area contributed by atoms with Crippen molar-refractivity contribution in [1.29, 1.82) is 0 Å². The van der Waals surface area contributed by atoms with Gasteiger partial charge in [0.25, 0.3) is 5.91 Å². The fourth-order valence-corrected chi connectivity index (χ4v) is 2.86. The van der Waals surface area contributed by atoms with Gasteiger partial charge in [0.15, 0.2) is 5.88 Å². The Kier molecular flexibility index (Phi) is 2.45. The van der Waals surface area contributed by atoms with Gasteiger partial charge in [-0.2, -0.15) is 0 Å². The number of hydrogen-bond acceptors (Lipinski definition) is 2. The van der Waals surface area contributed by atoms with Crippen LogP contribution in [-0.4, -0.2) is 30.8 Å². The van der Waals surface area contributed by atoms with Crippen molar-refractivity contribution in [3.05, 3.63) is 53.6 Å². The first-order valence-corrected chi connectivity index (χ1v) is 6.87. The average Bonchev–Trinajstić information content (AvgIpc) is 3.19. The van der Waals surface area contributed by atoms with Gasteiger partial charge in [-0.25, -0.2) is 4.99 Å². The standard InChI is InChI=1S/C16H14N4O2/c1-19-5-3-9(7-19)13-11-12(16(22)17-13)14(18-15(11)21)10-4-6-20(2)8-10/h3-8,17,22H,1-2H3. The van der Waals surface area contributed by atoms with E-state index in [1.54, 1.807) is 0 Å². The minimum Gasteiger partial charge on any atom is -0.494 e. The zero-order valence-corrected chi connectivity index (χ0v) is 12.2. The molecule has 22 heavy (non-hydrogen) atoms. The fourth-order valence-electron chi connectivity index (χ4n) is 2.86. The van der Waals surface area contributed by atoms with Crippen LogP contribution in [0.4, 0.5) is 0 Å². The van der Waals surface area contributed by atoms with Crippen LogP contribution >= 0.6 is 0 Å². The molecule has 2 N–H and O–H groups in total. The van der Waals surface area contributed by atoms with Crippen molar-refractivity contribution in [3.8, 4) is 17.1 Å². The third-order valence-electron chi connectivity index (χ3n) is 3.87. The Morgan fingerprint density at radius 1 is 1.05 bits per heavy atom. The lowest BCUT2D eigenvalue weighted by molar-refractivity contribution is 0.101. The number of aliphatic imine (C=N–C) groups is 1. The van der Waals surface area contributed by atoms with E-state index in [1.807, 2.05) is 60.1 Å². The average molecular weight is 294 g/mol. The van der Waals surface area contributed by atoms with Crippen LogP contribution in [0.15, 0.2) is 41.9 Å². The van der Waals surface area contributed by atoms with Crippen LogP contribution in [0.5, 0.6) is 5.88 Å². The van der Waals surface area contributed by atoms with E-state index >= 15 is 0 Å². The maximum atomic E-state index is 12.3. The van der Waals surface area contributed by atoms with Gasteiger partial charge >= 0.3 is 0 Å². The summed E-state index contributed by atoms with van der Waals surface area (Å²) in [5, 5.41) is 10.3. The molecule has 0 radical (unpaired) electrons. The number of aryl methyl sites for hydroxylation is 2. The van der Waals surface area contributed by atoms with Gasteiger partial charge in [0, 0.05) is 50.0 Å². The topological polar surface area (TPSA) is 75.3 Å². The molecular weight excluding hydrogens is 280 g/mol. The molecule has 0 atom stereocenters. The number of H-pyrrole nitrogens is 1. The smallest absolute Gasteiger partial charge is 0.280 e. The maximum absolute atomic E-state index is 12.3. The second-order valence-electron chi connectivity index (χ2n) is 5.50. The van der Waals surface area contributed by atoms with Crippen molar-refractivity contribution in [2.45, 2.75) is 0 Å². The normalized spacial score (nSPS) is 13.5. The Balaban J connectivity index is 1.91. The van der Waals surface area contributed by atoms with Crippen molar-refractivity contribution < 1.29 is 9.90 Å². The lowest BCUT2D eigenvalue weighted by atomic mass is 10.0. The summed E-state index contributed by atoms with van der Waals surface area (Å²) in [6, 6.07) is 3.76. The summed E-state index contributed by atoms with van der Waals surface area (Å²) in [7, 11) is 3.80. The van der Waals surface area contributed by atoms with E-state index in [1.165, 1.54) is 0 Å². The largest absolute Gasteiger partial charge is 0.494 e. The second kappa shape index (κ2) is 4.24. The third-order valence-corrected chi connectivity index (χ3v) is 3.87. The van der Waals surface area contributed by atoms with Crippen LogP contribution in [0.1, 0.15) is 21.5 Å². The fraction of sp³-hybridized carbons (Fsp3) is 0.125. The molecule has 0 spiro atoms. The van der Waals surface area contributed by atoms with Gasteiger partial charge in [-0.3, -0.25) is 4.79 Å². The van der Waals surface area contributed by atoms with Gasteiger partial charge in [-0.15, -0.1) is 0 Å². The van der Waals surface area contributed by atoms with E-state index in [2.05, 4.69) is 9.98 Å². The molecule has 0 aliphatic carbocycles. The van der Waals surface area contributed by atoms with Crippen LogP contribution < -0.4 is 0 Å². The molecule has 0 fully saturated rings. The van der Waals surface area contributed by atoms with Gasteiger partial charge in [-0.05, 0) is 12.1 Å². The van der Waals surface area contributed by atoms with Gasteiger partial charge in [0.1, 0.15) is 0 Å². The summed E-state index contributed by atoms with van der Waals surface area (Å²) in [5.74, 6) is -0.355. The van der Waals surface area contributed by atoms with E-state index in [0.29, 0.717) is 22.5 Å². The number of rotatable bonds is 2. The number of nitrogens with one attached hydrogen (secondary N) is 1. The molecule has 4 heterocycles. The van der Waals surface area contributed by atoms with Crippen molar-refractivity contribution in [1.82, 2.24) is 14.1 Å². The number of fused-ring (bicyclic) bond motifs is 1. The number of aromatic hydroxyl groups is 1. The van der Waals surface area contributed by atoms with E-state index < -0.39 is 0 Å². The first kappa shape index (κ1) is 12.7. The molecule has 0 saturated heterocycles. The van der Waals surface area contributed by atoms with Crippen LogP contribution in [0.25, 0.3) is 11.3 Å². The van der Waals surface area contributed by atoms with Gasteiger partial charge in [0.2, 0.25) is 0 Å². The van der Waals surface area contributed by atoms with Gasteiger partial charge in [-0.1, -0.05) is 0 Å². The molecule has 6 nitrogen and oxygen atoms in total. The Hall–Kier alpha value is -3.02. The quantitative estimate of drug-likeness (QED) is 0.759. The highest BCUT2D eigenvalue weighted by atomic mass is 16.3. The second-order valence-corrected chi connectivity index (χ2v) is 5.50. The number of amides is 1. The summed E-state index contributed by atoms with van der Waals surface area (Å²) < 4.78 is 3.76. The van der Waals surface area contributed by atoms with Gasteiger partial charge in [0.05, 0.1) is 22.5 Å². The van der Waals surface area contributed by atoms with E-state index in [4.69, 9.17) is 0 Å². The minimum atomic E-state index is -0.329. The molecule has 1 aliphatic rings. The molecule has 1 aliphatic heterocycles. The van der Waals surface area contributed by atoms with Crippen molar-refractivity contribution in [2.75, 3.05) is 0 Å². The van der Waals surface area contributed by atoms with E-state index in [-0.39, 0.29) is 11.8 Å². The molecule has 0 aromatic carbocycles. The van der Waals surface area contributed by atoms with Crippen LogP contribution in [0.3, 0.4) is 0 Å². The zero-order valence-electron chi connectivity index (χ0n) is 12.2. The van der Waals surface area contributed by atoms with Crippen molar-refractivity contribution >= 4 is 11.6 Å². The minimum absolute atomic E-state index is 0.0256. The number of carbonyl (C=O) groups excluding carboxylic acids is 1. The Morgan fingerprint density at radius 3 is 2.27 bits per heavy atom. The lowest BCUT2D eigenvalue weighted by Crippen LogP contribution is -1.98. The molecule has 0 unspecified atom stereocenters. The molecule has 4 rings (SSSR count). The van der Waals surface area contributed by atoms with Crippen molar-refractivity contribution in [2.24, 2.45) is 19.1 Å². The molecule has 110 valence electrons. The Bertz CT molecular complexity index is 939. The molecular formula is C16H14N4O2. The number of aromatic amines is 1. The van der Waals surface area contributed by atoms with Crippen LogP contribution in [-0.2, 0) is 14.1 Å². The molecule has 1 amide bonds. The number of nitrogens with zero attached hydrogens (tertiary/aromatic N) is 3. The summed E-state index contributed by atoms with van der Waals surface area (Å²) in [6.07, 6.45) is 7.52. The Morgan fingerprint density at radius 2 is 1.68 bits per heavy atom. The summed E-state index contributed by atoms with van der Waals surface area (Å²) >= 11 is 0. The highest BCUT2D eigenvalue weighted by Crippen LogP contribution is 2.37. The first-order chi connectivity index (χ1) is 10.5. The van der Waals surface area contributed by atoms with Gasteiger partial charge < -0.3 is 19.2 Å². The van der Waals surface area contributed by atoms with Crippen LogP contribution in [0.2, 0.25) is 0 Å². The first-order valence-electron chi connectivity index (χ1n) is 6.87. The number of aromatic nitrogens is 3. The van der Waals surface area contributed by atoms with Crippen molar-refractivity contribution in [3.63, 3.8) is 0 Å². The summed E-state index contributed by atoms with van der Waals surface area (Å²) in [4.78, 5) is 19.4. The zero-order chi connectivity index (χ0) is 15.4. The van der Waals surface area contributed by atoms with E-state index in [9.17, 15) is 9.90 Å². The SMILES string of the molecule is Cn1ccc(C2=NC(=O)c3c(-c4ccn(C)c4)[nH]c(O)c32)c1. The molecule has 3 aromatic rings. The molecule has 3 aromatic heterocycles. The lowest BCUT2D eigenvalue weighted by Gasteiger charge is -1.97. The Labute approximate surface area is 126 Å². The maximum Gasteiger partial charge on any atom is 0.280 e. The highest BCUT2D eigenvalue weighted by molar-refractivity contribution is 6.30. The number of hydrogen-bond donors (Lipinski definition) is 2. The third kappa shape index (κ3) is 1.67. The molecule has 6 heteroatoms. The predicted octanol–water partition coefficient (Wildman–Crippen LogP) is 2.06. The molecule has 0 bridgehead atoms. The highest BCUT2D eigenvalue weighted by Gasteiger charge is 2.33. The summed E-state index contributed by atoms with van der Waals surface area (Å²) in [5.41, 5.74) is 3.68. The monoisotopic (exact) mass is 294 g/mol. The summed E-state index contributed by atoms with van der Waals surface area (Å²) in [6.45, 7) is 0. The number of carbonyl (C=O) groups is 1. The van der Waals surface area contributed by atoms with Crippen LogP contribution in [0, 0.1) is 0 Å². The van der Waals surface area contributed by atoms with E-state index in [0.717, 1.165) is 11.1 Å².